The molecule has 8 rings (SSSR count). The number of imide groups is 1. The number of rotatable bonds is 7. The molecule has 260 valence electrons. The van der Waals surface area contributed by atoms with Crippen LogP contribution in [0.4, 0.5) is 18.9 Å². The lowest BCUT2D eigenvalue weighted by molar-refractivity contribution is -0.137. The maximum Gasteiger partial charge on any atom is 0.417 e. The molecule has 4 atom stereocenters. The van der Waals surface area contributed by atoms with Crippen molar-refractivity contribution in [1.29, 1.82) is 0 Å². The van der Waals surface area contributed by atoms with Gasteiger partial charge in [0.05, 0.1) is 53.2 Å². The summed E-state index contributed by atoms with van der Waals surface area (Å²) >= 11 is 5.98. The van der Waals surface area contributed by atoms with E-state index in [4.69, 9.17) is 21.1 Å². The molecule has 0 N–H and O–H groups in total. The zero-order valence-corrected chi connectivity index (χ0v) is 28.5. The second kappa shape index (κ2) is 12.0. The molecule has 2 aliphatic carbocycles. The highest BCUT2D eigenvalue weighted by molar-refractivity contribution is 6.39. The third kappa shape index (κ3) is 4.41. The molecule has 1 heterocycles. The number of amides is 2. The van der Waals surface area contributed by atoms with Crippen molar-refractivity contribution >= 4 is 46.0 Å². The third-order valence-electron chi connectivity index (χ3n) is 10.7. The first kappa shape index (κ1) is 33.5. The van der Waals surface area contributed by atoms with Crippen LogP contribution in [0.25, 0.3) is 11.1 Å². The molecule has 6 nitrogen and oxygen atoms in total. The highest BCUT2D eigenvalue weighted by Crippen LogP contribution is 2.74. The number of Topliss-reactive ketones (excluding diaryl/α,β-unsaturated/α-hetero) is 1. The van der Waals surface area contributed by atoms with E-state index < -0.39 is 51.2 Å². The quantitative estimate of drug-likeness (QED) is 0.158. The Bertz CT molecular complexity index is 2160. The monoisotopic (exact) mass is 719 g/mol. The Labute approximate surface area is 302 Å². The van der Waals surface area contributed by atoms with Crippen LogP contribution < -0.4 is 14.4 Å². The molecule has 1 aliphatic heterocycles. The fourth-order valence-corrected chi connectivity index (χ4v) is 8.99. The van der Waals surface area contributed by atoms with E-state index in [9.17, 15) is 13.2 Å². The second-order valence-corrected chi connectivity index (χ2v) is 13.4. The topological polar surface area (TPSA) is 72.9 Å². The Morgan fingerprint density at radius 3 is 1.42 bits per heavy atom. The van der Waals surface area contributed by atoms with Gasteiger partial charge in [-0.15, -0.1) is 0 Å². The standard InChI is InChI=1S/C42H29ClF3NO5/c1-51-29-18-13-24(14-19-29)33-34(25-15-20-30(52-2)21-16-25)41(27-11-7-4-8-12-27)36-35(40(33,39(41)50)26-9-5-3-6-10-26)37(48)47(38(36)49)28-17-22-32(43)31(23-28)42(44,45)46/h3-23,35-36H,1-2H3/t35-,36+,40+,41-. The van der Waals surface area contributed by atoms with Crippen molar-refractivity contribution in [3.63, 3.8) is 0 Å². The summed E-state index contributed by atoms with van der Waals surface area (Å²) in [6, 6.07) is 35.0. The van der Waals surface area contributed by atoms with E-state index in [0.29, 0.717) is 44.9 Å². The summed E-state index contributed by atoms with van der Waals surface area (Å²) in [6.45, 7) is 0. The van der Waals surface area contributed by atoms with Crippen LogP contribution >= 0.6 is 11.6 Å². The van der Waals surface area contributed by atoms with Gasteiger partial charge in [0, 0.05) is 0 Å². The SMILES string of the molecule is COc1ccc(C2=C(c3ccc(OC)cc3)[C@]3(c4ccccc4)C(=O)[C@@]2(c2ccccc2)[C@@H]2C(=O)N(c4ccc(Cl)c(C(F)(F)F)c4)C(=O)[C@@H]23)cc1. The summed E-state index contributed by atoms with van der Waals surface area (Å²) in [4.78, 5) is 47.1. The molecule has 2 bridgehead atoms. The number of ether oxygens (including phenoxy) is 2. The number of allylic oxidation sites excluding steroid dienone is 2. The van der Waals surface area contributed by atoms with Crippen molar-refractivity contribution in [2.45, 2.75) is 17.0 Å². The summed E-state index contributed by atoms with van der Waals surface area (Å²) in [5.41, 5.74) is -1.71. The van der Waals surface area contributed by atoms with Gasteiger partial charge in [0.2, 0.25) is 11.8 Å². The summed E-state index contributed by atoms with van der Waals surface area (Å²) in [7, 11) is 3.08. The number of anilines is 1. The first-order valence-electron chi connectivity index (χ1n) is 16.5. The van der Waals surface area contributed by atoms with Gasteiger partial charge in [-0.25, -0.2) is 4.90 Å². The highest BCUT2D eigenvalue weighted by atomic mass is 35.5. The zero-order valence-electron chi connectivity index (χ0n) is 27.8. The summed E-state index contributed by atoms with van der Waals surface area (Å²) in [6.07, 6.45) is -4.86. The number of hydrogen-bond donors (Lipinski definition) is 0. The van der Waals surface area contributed by atoms with Crippen LogP contribution in [0.5, 0.6) is 11.5 Å². The number of carbonyl (C=O) groups excluding carboxylic acids is 3. The molecule has 1 saturated carbocycles. The van der Waals surface area contributed by atoms with E-state index in [1.165, 1.54) is 20.3 Å². The van der Waals surface area contributed by atoms with E-state index in [-0.39, 0.29) is 11.5 Å². The largest absolute Gasteiger partial charge is 0.497 e. The minimum atomic E-state index is -4.86. The lowest BCUT2D eigenvalue weighted by Gasteiger charge is -2.39. The highest BCUT2D eigenvalue weighted by Gasteiger charge is 2.82. The van der Waals surface area contributed by atoms with Crippen molar-refractivity contribution in [2.75, 3.05) is 19.1 Å². The number of ketones is 1. The zero-order chi connectivity index (χ0) is 36.6. The average Bonchev–Trinajstić information content (AvgIpc) is 3.67. The lowest BCUT2D eigenvalue weighted by atomic mass is 9.59. The number of benzene rings is 5. The molecule has 0 unspecified atom stereocenters. The normalized spacial score (nSPS) is 23.7. The van der Waals surface area contributed by atoms with Gasteiger partial charge in [0.1, 0.15) is 11.5 Å². The van der Waals surface area contributed by atoms with E-state index in [0.717, 1.165) is 17.0 Å². The van der Waals surface area contributed by atoms with Crippen LogP contribution in [0.2, 0.25) is 5.02 Å². The maximum absolute atomic E-state index is 16.0. The van der Waals surface area contributed by atoms with E-state index >= 15 is 14.4 Å². The van der Waals surface area contributed by atoms with Gasteiger partial charge in [0.15, 0.2) is 5.78 Å². The number of hydrogen-bond acceptors (Lipinski definition) is 5. The number of fused-ring (bicyclic) bond motifs is 5. The maximum atomic E-state index is 16.0. The molecule has 2 fully saturated rings. The second-order valence-electron chi connectivity index (χ2n) is 13.0. The predicted molar refractivity (Wildman–Crippen MR) is 190 cm³/mol. The van der Waals surface area contributed by atoms with Crippen LogP contribution in [0.1, 0.15) is 27.8 Å². The molecule has 0 radical (unpaired) electrons. The van der Waals surface area contributed by atoms with Crippen LogP contribution in [-0.2, 0) is 31.4 Å². The summed E-state index contributed by atoms with van der Waals surface area (Å²) in [5.74, 6) is -3.43. The van der Waals surface area contributed by atoms with Crippen LogP contribution in [0, 0.1) is 11.8 Å². The van der Waals surface area contributed by atoms with Crippen molar-refractivity contribution in [3.05, 3.63) is 160 Å². The van der Waals surface area contributed by atoms with Crippen molar-refractivity contribution in [3.8, 4) is 11.5 Å². The van der Waals surface area contributed by atoms with Crippen molar-refractivity contribution < 1.29 is 37.0 Å². The van der Waals surface area contributed by atoms with Gasteiger partial charge in [-0.3, -0.25) is 14.4 Å². The number of methoxy groups -OCH3 is 2. The minimum absolute atomic E-state index is 0.281. The smallest absolute Gasteiger partial charge is 0.417 e. The first-order valence-corrected chi connectivity index (χ1v) is 16.8. The Balaban J connectivity index is 1.51. The van der Waals surface area contributed by atoms with Gasteiger partial charge in [-0.05, 0) is 75.9 Å². The van der Waals surface area contributed by atoms with Crippen molar-refractivity contribution in [2.24, 2.45) is 11.8 Å². The van der Waals surface area contributed by atoms with E-state index in [1.807, 2.05) is 24.3 Å². The Kier molecular flexibility index (Phi) is 7.69. The molecule has 3 aliphatic rings. The molecule has 2 amide bonds. The van der Waals surface area contributed by atoms with Crippen LogP contribution in [0.15, 0.2) is 127 Å². The number of halogens is 4. The van der Waals surface area contributed by atoms with E-state index in [2.05, 4.69) is 0 Å². The predicted octanol–water partition coefficient (Wildman–Crippen LogP) is 8.56. The van der Waals surface area contributed by atoms with Crippen LogP contribution in [-0.4, -0.2) is 31.8 Å². The van der Waals surface area contributed by atoms with Gasteiger partial charge in [-0.2, -0.15) is 13.2 Å². The Hall–Kier alpha value is -5.67. The summed E-state index contributed by atoms with van der Waals surface area (Å²) < 4.78 is 53.3. The van der Waals surface area contributed by atoms with Crippen LogP contribution in [0.3, 0.4) is 0 Å². The molecule has 10 heteroatoms. The molecular weight excluding hydrogens is 691 g/mol. The van der Waals surface area contributed by atoms with Gasteiger partial charge in [0.25, 0.3) is 0 Å². The van der Waals surface area contributed by atoms with Gasteiger partial charge in [-0.1, -0.05) is 96.5 Å². The van der Waals surface area contributed by atoms with Gasteiger partial charge < -0.3 is 9.47 Å². The minimum Gasteiger partial charge on any atom is -0.497 e. The fraction of sp³-hybridized carbons (Fsp3) is 0.167. The first-order chi connectivity index (χ1) is 25.0. The molecular formula is C42H29ClF3NO5. The molecule has 1 saturated heterocycles. The molecule has 5 aromatic rings. The Morgan fingerprint density at radius 2 is 1.04 bits per heavy atom. The Morgan fingerprint density at radius 1 is 0.615 bits per heavy atom. The van der Waals surface area contributed by atoms with E-state index in [1.54, 1.807) is 84.9 Å². The molecule has 5 aromatic carbocycles. The third-order valence-corrected chi connectivity index (χ3v) is 11.1. The number of alkyl halides is 3. The molecule has 52 heavy (non-hydrogen) atoms. The van der Waals surface area contributed by atoms with Gasteiger partial charge >= 0.3 is 6.18 Å². The number of carbonyl (C=O) groups is 3. The molecule has 0 aromatic heterocycles. The average molecular weight is 720 g/mol. The lowest BCUT2D eigenvalue weighted by Crippen LogP contribution is -2.45. The van der Waals surface area contributed by atoms with Crippen molar-refractivity contribution in [1.82, 2.24) is 0 Å². The molecule has 0 spiro atoms. The fourth-order valence-electron chi connectivity index (χ4n) is 8.76. The number of nitrogens with zero attached hydrogens (tertiary/aromatic N) is 1. The summed E-state index contributed by atoms with van der Waals surface area (Å²) in [5, 5.41) is -0.572.